The third-order valence-corrected chi connectivity index (χ3v) is 4.55. The maximum Gasteiger partial charge on any atom is 0.0819 e. The second-order valence-corrected chi connectivity index (χ2v) is 4.99. The zero-order valence-corrected chi connectivity index (χ0v) is 8.33. The average molecular weight is 178 g/mol. The van der Waals surface area contributed by atoms with E-state index in [9.17, 15) is 0 Å². The molecule has 1 heteroatoms. The van der Waals surface area contributed by atoms with Crippen LogP contribution in [0.5, 0.6) is 0 Å². The first-order valence-corrected chi connectivity index (χ1v) is 5.62. The standard InChI is InChI=1S/C12H18O/c1-13-7-10-4-5-11-8-2-3-9(6-8)12(10)11/h7-9,11-12H,2-6H2,1H3/b10-7+. The van der Waals surface area contributed by atoms with Gasteiger partial charge in [-0.25, -0.2) is 0 Å². The summed E-state index contributed by atoms with van der Waals surface area (Å²) in [5.41, 5.74) is 1.62. The van der Waals surface area contributed by atoms with Crippen molar-refractivity contribution in [3.8, 4) is 0 Å². The van der Waals surface area contributed by atoms with Crippen molar-refractivity contribution in [2.24, 2.45) is 23.7 Å². The van der Waals surface area contributed by atoms with E-state index in [2.05, 4.69) is 0 Å². The molecule has 0 heterocycles. The van der Waals surface area contributed by atoms with Gasteiger partial charge in [-0.1, -0.05) is 0 Å². The smallest absolute Gasteiger partial charge is 0.0819 e. The summed E-state index contributed by atoms with van der Waals surface area (Å²) < 4.78 is 5.18. The molecule has 3 saturated carbocycles. The second kappa shape index (κ2) is 2.76. The summed E-state index contributed by atoms with van der Waals surface area (Å²) in [7, 11) is 1.79. The third-order valence-electron chi connectivity index (χ3n) is 4.55. The number of hydrogen-bond donors (Lipinski definition) is 0. The number of methoxy groups -OCH3 is 1. The predicted molar refractivity (Wildman–Crippen MR) is 52.1 cm³/mol. The summed E-state index contributed by atoms with van der Waals surface area (Å²) >= 11 is 0. The molecule has 0 aromatic heterocycles. The molecule has 3 aliphatic rings. The molecule has 4 atom stereocenters. The van der Waals surface area contributed by atoms with Crippen LogP contribution in [0, 0.1) is 23.7 Å². The van der Waals surface area contributed by atoms with E-state index >= 15 is 0 Å². The summed E-state index contributed by atoms with van der Waals surface area (Å²) in [5, 5.41) is 0. The molecule has 0 spiro atoms. The van der Waals surface area contributed by atoms with E-state index in [0.717, 1.165) is 23.7 Å². The number of allylic oxidation sites excluding steroid dienone is 1. The Morgan fingerprint density at radius 1 is 1.23 bits per heavy atom. The molecule has 0 N–H and O–H groups in total. The van der Waals surface area contributed by atoms with E-state index in [-0.39, 0.29) is 0 Å². The first-order valence-electron chi connectivity index (χ1n) is 5.62. The van der Waals surface area contributed by atoms with Gasteiger partial charge in [-0.05, 0) is 61.3 Å². The molecule has 0 aromatic rings. The van der Waals surface area contributed by atoms with Gasteiger partial charge >= 0.3 is 0 Å². The minimum absolute atomic E-state index is 0.929. The first-order chi connectivity index (χ1) is 6.40. The molecular formula is C12H18O. The number of fused-ring (bicyclic) bond motifs is 5. The van der Waals surface area contributed by atoms with Crippen molar-refractivity contribution in [1.29, 1.82) is 0 Å². The quantitative estimate of drug-likeness (QED) is 0.561. The fourth-order valence-electron chi connectivity index (χ4n) is 4.19. The average Bonchev–Trinajstić information content (AvgIpc) is 2.74. The summed E-state index contributed by atoms with van der Waals surface area (Å²) in [6, 6.07) is 0. The zero-order valence-electron chi connectivity index (χ0n) is 8.33. The topological polar surface area (TPSA) is 9.23 Å². The van der Waals surface area contributed by atoms with Gasteiger partial charge in [-0.2, -0.15) is 0 Å². The highest BCUT2D eigenvalue weighted by molar-refractivity contribution is 5.19. The Balaban J connectivity index is 1.87. The zero-order chi connectivity index (χ0) is 8.84. The lowest BCUT2D eigenvalue weighted by Gasteiger charge is -2.24. The SMILES string of the molecule is CO/C=C1\CCC2C3CCC(C3)C12. The molecule has 72 valence electrons. The van der Waals surface area contributed by atoms with E-state index in [1.165, 1.54) is 32.1 Å². The summed E-state index contributed by atoms with van der Waals surface area (Å²) in [6.45, 7) is 0. The lowest BCUT2D eigenvalue weighted by atomic mass is 9.80. The van der Waals surface area contributed by atoms with Crippen molar-refractivity contribution in [2.45, 2.75) is 32.1 Å². The molecule has 0 aliphatic heterocycles. The van der Waals surface area contributed by atoms with Gasteiger partial charge in [0.15, 0.2) is 0 Å². The molecule has 0 saturated heterocycles. The van der Waals surface area contributed by atoms with Crippen LogP contribution in [0.3, 0.4) is 0 Å². The van der Waals surface area contributed by atoms with E-state index in [1.54, 1.807) is 12.7 Å². The van der Waals surface area contributed by atoms with Crippen LogP contribution >= 0.6 is 0 Å². The van der Waals surface area contributed by atoms with Gasteiger partial charge < -0.3 is 4.74 Å². The van der Waals surface area contributed by atoms with E-state index in [1.807, 2.05) is 6.26 Å². The molecule has 3 rings (SSSR count). The van der Waals surface area contributed by atoms with E-state index in [4.69, 9.17) is 4.74 Å². The largest absolute Gasteiger partial charge is 0.504 e. The fourth-order valence-corrected chi connectivity index (χ4v) is 4.19. The van der Waals surface area contributed by atoms with Crippen molar-refractivity contribution in [2.75, 3.05) is 7.11 Å². The molecular weight excluding hydrogens is 160 g/mol. The highest BCUT2D eigenvalue weighted by Gasteiger charge is 2.51. The highest BCUT2D eigenvalue weighted by atomic mass is 16.5. The Kier molecular flexibility index (Phi) is 1.68. The Morgan fingerprint density at radius 2 is 2.08 bits per heavy atom. The van der Waals surface area contributed by atoms with Gasteiger partial charge in [-0.15, -0.1) is 0 Å². The van der Waals surface area contributed by atoms with Crippen LogP contribution < -0.4 is 0 Å². The minimum atomic E-state index is 0.929. The van der Waals surface area contributed by atoms with Crippen LogP contribution in [0.25, 0.3) is 0 Å². The van der Waals surface area contributed by atoms with Gasteiger partial charge in [0.2, 0.25) is 0 Å². The lowest BCUT2D eigenvalue weighted by Crippen LogP contribution is -2.17. The Morgan fingerprint density at radius 3 is 2.92 bits per heavy atom. The summed E-state index contributed by atoms with van der Waals surface area (Å²) in [6.07, 6.45) is 9.33. The van der Waals surface area contributed by atoms with Crippen molar-refractivity contribution in [3.05, 3.63) is 11.8 Å². The maximum atomic E-state index is 5.18. The molecule has 1 nitrogen and oxygen atoms in total. The summed E-state index contributed by atoms with van der Waals surface area (Å²) in [5.74, 6) is 4.08. The minimum Gasteiger partial charge on any atom is -0.504 e. The first kappa shape index (κ1) is 7.90. The highest BCUT2D eigenvalue weighted by Crippen LogP contribution is 2.60. The van der Waals surface area contributed by atoms with Crippen molar-refractivity contribution < 1.29 is 4.74 Å². The molecule has 2 bridgehead atoms. The molecule has 0 aromatic carbocycles. The summed E-state index contributed by atoms with van der Waals surface area (Å²) in [4.78, 5) is 0. The third kappa shape index (κ3) is 0.992. The van der Waals surface area contributed by atoms with Gasteiger partial charge in [0.05, 0.1) is 13.4 Å². The Labute approximate surface area is 80.2 Å². The van der Waals surface area contributed by atoms with Crippen LogP contribution in [-0.2, 0) is 4.74 Å². The fraction of sp³-hybridized carbons (Fsp3) is 0.833. The molecule has 0 radical (unpaired) electrons. The van der Waals surface area contributed by atoms with Gasteiger partial charge in [0, 0.05) is 0 Å². The van der Waals surface area contributed by atoms with Crippen LogP contribution in [0.4, 0.5) is 0 Å². The van der Waals surface area contributed by atoms with Crippen LogP contribution in [0.2, 0.25) is 0 Å². The van der Waals surface area contributed by atoms with Crippen LogP contribution in [0.1, 0.15) is 32.1 Å². The molecule has 3 fully saturated rings. The lowest BCUT2D eigenvalue weighted by molar-refractivity contribution is 0.273. The van der Waals surface area contributed by atoms with Crippen molar-refractivity contribution >= 4 is 0 Å². The van der Waals surface area contributed by atoms with Crippen molar-refractivity contribution in [1.82, 2.24) is 0 Å². The predicted octanol–water partition coefficient (Wildman–Crippen LogP) is 2.97. The number of hydrogen-bond acceptors (Lipinski definition) is 1. The normalized spacial score (nSPS) is 50.1. The van der Waals surface area contributed by atoms with Gasteiger partial charge in [0.25, 0.3) is 0 Å². The van der Waals surface area contributed by atoms with E-state index in [0.29, 0.717) is 0 Å². The molecule has 13 heavy (non-hydrogen) atoms. The van der Waals surface area contributed by atoms with Crippen molar-refractivity contribution in [3.63, 3.8) is 0 Å². The molecule has 4 unspecified atom stereocenters. The van der Waals surface area contributed by atoms with Crippen LogP contribution in [0.15, 0.2) is 11.8 Å². The van der Waals surface area contributed by atoms with E-state index < -0.39 is 0 Å². The van der Waals surface area contributed by atoms with Crippen LogP contribution in [-0.4, -0.2) is 7.11 Å². The maximum absolute atomic E-state index is 5.18. The molecule has 3 aliphatic carbocycles. The second-order valence-electron chi connectivity index (χ2n) is 4.99. The Hall–Kier alpha value is -0.460. The molecule has 0 amide bonds. The Bertz CT molecular complexity index is 244. The number of rotatable bonds is 1. The monoisotopic (exact) mass is 178 g/mol. The van der Waals surface area contributed by atoms with Gasteiger partial charge in [-0.3, -0.25) is 0 Å². The van der Waals surface area contributed by atoms with Gasteiger partial charge in [0.1, 0.15) is 0 Å². The number of ether oxygens (including phenoxy) is 1.